The van der Waals surface area contributed by atoms with Crippen LogP contribution in [0.5, 0.6) is 0 Å². The Bertz CT molecular complexity index is 830. The molecule has 7 heteroatoms. The molecule has 2 rings (SSSR count). The van der Waals surface area contributed by atoms with Crippen molar-refractivity contribution in [3.8, 4) is 0 Å². The normalized spacial score (nSPS) is 20.8. The second kappa shape index (κ2) is 9.82. The van der Waals surface area contributed by atoms with Gasteiger partial charge in [-0.2, -0.15) is 5.10 Å². The van der Waals surface area contributed by atoms with E-state index in [9.17, 15) is 14.0 Å². The van der Waals surface area contributed by atoms with Gasteiger partial charge in [0, 0.05) is 19.2 Å². The molecule has 0 aromatic heterocycles. The quantitative estimate of drug-likeness (QED) is 0.787. The van der Waals surface area contributed by atoms with Crippen LogP contribution in [0.25, 0.3) is 0 Å². The first-order chi connectivity index (χ1) is 13.3. The Balaban J connectivity index is 2.19. The number of allylic oxidation sites excluding steroid dienone is 3. The number of esters is 1. The number of benzene rings is 1. The molecule has 1 aromatic rings. The smallest absolute Gasteiger partial charge is 0.310 e. The molecule has 150 valence electrons. The van der Waals surface area contributed by atoms with Crippen molar-refractivity contribution in [1.29, 1.82) is 0 Å². The third-order valence-corrected chi connectivity index (χ3v) is 4.36. The molecule has 0 fully saturated rings. The lowest BCUT2D eigenvalue weighted by atomic mass is 10.1. The number of rotatable bonds is 5. The van der Waals surface area contributed by atoms with E-state index in [4.69, 9.17) is 4.74 Å². The van der Waals surface area contributed by atoms with Crippen LogP contribution in [0.4, 0.5) is 10.1 Å². The van der Waals surface area contributed by atoms with Gasteiger partial charge in [-0.05, 0) is 38.0 Å². The molecule has 0 spiro atoms. The zero-order valence-electron chi connectivity index (χ0n) is 16.7. The largest absolute Gasteiger partial charge is 0.466 e. The summed E-state index contributed by atoms with van der Waals surface area (Å²) in [6.07, 6.45) is 7.81. The third-order valence-electron chi connectivity index (χ3n) is 4.36. The maximum atomic E-state index is 14.4. The van der Waals surface area contributed by atoms with Crippen LogP contribution >= 0.6 is 0 Å². The van der Waals surface area contributed by atoms with E-state index in [1.54, 1.807) is 32.0 Å². The number of hydrogen-bond donors (Lipinski definition) is 1. The number of ether oxygens (including phenoxy) is 1. The van der Waals surface area contributed by atoms with E-state index in [0.717, 1.165) is 0 Å². The number of nitrogens with one attached hydrogen (secondary N) is 1. The second-order valence-corrected chi connectivity index (χ2v) is 6.57. The minimum Gasteiger partial charge on any atom is -0.466 e. The standard InChI is InChI=1S/C21H26FN3O3/c1-5-28-20(26)12-16-11-14(2)19(13-17(16)22)23-21(27)18-10-8-6-7-9-15(3)25(4)24-18/h6-9,11,13,15H,5,10,12H2,1-4H3,(H,23,27)/b8-6-,9-7-,24-18+. The van der Waals surface area contributed by atoms with E-state index in [-0.39, 0.29) is 24.6 Å². The Morgan fingerprint density at radius 2 is 2.11 bits per heavy atom. The maximum absolute atomic E-state index is 14.4. The van der Waals surface area contributed by atoms with Gasteiger partial charge < -0.3 is 10.1 Å². The summed E-state index contributed by atoms with van der Waals surface area (Å²) in [7, 11) is 1.79. The molecule has 6 nitrogen and oxygen atoms in total. The van der Waals surface area contributed by atoms with Gasteiger partial charge in [0.05, 0.1) is 19.1 Å². The van der Waals surface area contributed by atoms with E-state index >= 15 is 0 Å². The van der Waals surface area contributed by atoms with Crippen molar-refractivity contribution in [3.05, 3.63) is 53.4 Å². The second-order valence-electron chi connectivity index (χ2n) is 6.57. The van der Waals surface area contributed by atoms with Crippen LogP contribution in [0.2, 0.25) is 0 Å². The van der Waals surface area contributed by atoms with Crippen LogP contribution in [0, 0.1) is 12.7 Å². The van der Waals surface area contributed by atoms with Gasteiger partial charge in [-0.15, -0.1) is 0 Å². The van der Waals surface area contributed by atoms with E-state index in [1.807, 2.05) is 31.2 Å². The van der Waals surface area contributed by atoms with Gasteiger partial charge in [-0.25, -0.2) is 4.39 Å². The summed E-state index contributed by atoms with van der Waals surface area (Å²) in [6.45, 7) is 5.65. The summed E-state index contributed by atoms with van der Waals surface area (Å²) < 4.78 is 19.3. The lowest BCUT2D eigenvalue weighted by Gasteiger charge is -2.20. The van der Waals surface area contributed by atoms with Gasteiger partial charge in [-0.1, -0.05) is 30.4 Å². The van der Waals surface area contributed by atoms with E-state index < -0.39 is 17.7 Å². The molecule has 1 atom stereocenters. The summed E-state index contributed by atoms with van der Waals surface area (Å²) in [6, 6.07) is 2.80. The van der Waals surface area contributed by atoms with E-state index in [1.165, 1.54) is 6.07 Å². The fraction of sp³-hybridized carbons (Fsp3) is 0.381. The summed E-state index contributed by atoms with van der Waals surface area (Å²) in [4.78, 5) is 24.3. The van der Waals surface area contributed by atoms with Crippen molar-refractivity contribution in [2.24, 2.45) is 5.10 Å². The number of anilines is 1. The SMILES string of the molecule is CCOC(=O)Cc1cc(C)c(NC(=O)/C2=N/N(C)C(C)/C=C\C=C/C2)cc1F. The van der Waals surface area contributed by atoms with Gasteiger partial charge in [0.25, 0.3) is 5.91 Å². The number of nitrogens with zero attached hydrogens (tertiary/aromatic N) is 2. The molecular formula is C21H26FN3O3. The summed E-state index contributed by atoms with van der Waals surface area (Å²) >= 11 is 0. The highest BCUT2D eigenvalue weighted by molar-refractivity contribution is 6.43. The predicted molar refractivity (Wildman–Crippen MR) is 108 cm³/mol. The maximum Gasteiger partial charge on any atom is 0.310 e. The monoisotopic (exact) mass is 387 g/mol. The number of aryl methyl sites for hydroxylation is 1. The number of carbonyl (C=O) groups is 2. The van der Waals surface area contributed by atoms with E-state index in [2.05, 4.69) is 10.4 Å². The third kappa shape index (κ3) is 5.77. The molecule has 0 bridgehead atoms. The summed E-state index contributed by atoms with van der Waals surface area (Å²) in [5.41, 5.74) is 1.55. The first kappa shape index (κ1) is 21.3. The number of hydrogen-bond acceptors (Lipinski definition) is 5. The van der Waals surface area contributed by atoms with Crippen LogP contribution in [-0.2, 0) is 20.7 Å². The molecule has 1 heterocycles. The zero-order chi connectivity index (χ0) is 20.7. The van der Waals surface area contributed by atoms with Crippen molar-refractivity contribution in [3.63, 3.8) is 0 Å². The van der Waals surface area contributed by atoms with Crippen LogP contribution in [0.3, 0.4) is 0 Å². The van der Waals surface area contributed by atoms with Gasteiger partial charge in [0.2, 0.25) is 0 Å². The average Bonchev–Trinajstić information content (AvgIpc) is 2.71. The molecule has 1 N–H and O–H groups in total. The summed E-state index contributed by atoms with van der Waals surface area (Å²) in [5.74, 6) is -1.46. The molecule has 0 saturated heterocycles. The van der Waals surface area contributed by atoms with Crippen molar-refractivity contribution in [2.45, 2.75) is 39.7 Å². The van der Waals surface area contributed by atoms with Crippen molar-refractivity contribution >= 4 is 23.3 Å². The molecule has 1 aliphatic rings. The fourth-order valence-corrected chi connectivity index (χ4v) is 2.64. The topological polar surface area (TPSA) is 71.0 Å². The first-order valence-electron chi connectivity index (χ1n) is 9.21. The number of halogens is 1. The fourth-order valence-electron chi connectivity index (χ4n) is 2.64. The molecular weight excluding hydrogens is 361 g/mol. The minimum absolute atomic E-state index is 0.0342. The van der Waals surface area contributed by atoms with Gasteiger partial charge in [-0.3, -0.25) is 14.6 Å². The van der Waals surface area contributed by atoms with Crippen LogP contribution in [-0.4, -0.2) is 42.3 Å². The molecule has 0 saturated carbocycles. The van der Waals surface area contributed by atoms with Gasteiger partial charge in [0.1, 0.15) is 11.5 Å². The Kier molecular flexibility index (Phi) is 7.49. The van der Waals surface area contributed by atoms with Crippen molar-refractivity contribution < 1.29 is 18.7 Å². The minimum atomic E-state index is -0.569. The van der Waals surface area contributed by atoms with Crippen LogP contribution in [0.1, 0.15) is 31.4 Å². The summed E-state index contributed by atoms with van der Waals surface area (Å²) in [5, 5.41) is 8.81. The van der Waals surface area contributed by atoms with Crippen LogP contribution in [0.15, 0.2) is 41.5 Å². The Labute approximate surface area is 164 Å². The van der Waals surface area contributed by atoms with Crippen molar-refractivity contribution in [2.75, 3.05) is 19.0 Å². The molecule has 1 amide bonds. The average molecular weight is 387 g/mol. The Morgan fingerprint density at radius 1 is 1.36 bits per heavy atom. The Hall–Kier alpha value is -2.96. The number of likely N-dealkylation sites (N-methyl/N-ethyl adjacent to an activating group) is 1. The molecule has 0 radical (unpaired) electrons. The predicted octanol–water partition coefficient (Wildman–Crippen LogP) is 3.37. The molecule has 0 aliphatic carbocycles. The lowest BCUT2D eigenvalue weighted by molar-refractivity contribution is -0.142. The lowest BCUT2D eigenvalue weighted by Crippen LogP contribution is -2.29. The van der Waals surface area contributed by atoms with E-state index in [0.29, 0.717) is 23.4 Å². The molecule has 1 aliphatic heterocycles. The molecule has 1 aromatic carbocycles. The Morgan fingerprint density at radius 3 is 2.82 bits per heavy atom. The highest BCUT2D eigenvalue weighted by Gasteiger charge is 2.17. The highest BCUT2D eigenvalue weighted by Crippen LogP contribution is 2.21. The van der Waals surface area contributed by atoms with Crippen LogP contribution < -0.4 is 5.32 Å². The highest BCUT2D eigenvalue weighted by atomic mass is 19.1. The van der Waals surface area contributed by atoms with Crippen molar-refractivity contribution in [1.82, 2.24) is 5.01 Å². The van der Waals surface area contributed by atoms with Gasteiger partial charge in [0.15, 0.2) is 0 Å². The van der Waals surface area contributed by atoms with Gasteiger partial charge >= 0.3 is 5.97 Å². The first-order valence-corrected chi connectivity index (χ1v) is 9.21. The zero-order valence-corrected chi connectivity index (χ0v) is 16.7. The number of carbonyl (C=O) groups excluding carboxylic acids is 2. The molecule has 28 heavy (non-hydrogen) atoms. The number of hydrazone groups is 1. The molecule has 1 unspecified atom stereocenters. The number of amides is 1.